The number of aromatic nitrogens is 3. The second kappa shape index (κ2) is 6.19. The Bertz CT molecular complexity index is 824. The number of methoxy groups -OCH3 is 2. The number of benzene rings is 1. The Balaban J connectivity index is 1.97. The molecule has 0 N–H and O–H groups in total. The smallest absolute Gasteiger partial charge is 0.179 e. The minimum atomic E-state index is 0.644. The van der Waals surface area contributed by atoms with Crippen LogP contribution in [0.25, 0.3) is 11.2 Å². The van der Waals surface area contributed by atoms with Crippen molar-refractivity contribution in [2.45, 2.75) is 16.8 Å². The van der Waals surface area contributed by atoms with Crippen molar-refractivity contribution in [1.82, 2.24) is 15.0 Å². The number of hydrogen-bond donors (Lipinski definition) is 0. The maximum atomic E-state index is 5.36. The molecule has 0 unspecified atom stereocenters. The van der Waals surface area contributed by atoms with Crippen molar-refractivity contribution < 1.29 is 9.47 Å². The first-order valence-corrected chi connectivity index (χ1v) is 7.51. The molecule has 0 aliphatic carbocycles. The fourth-order valence-electron chi connectivity index (χ4n) is 2.08. The summed E-state index contributed by atoms with van der Waals surface area (Å²) in [7, 11) is 3.26. The van der Waals surface area contributed by atoms with Crippen LogP contribution in [0, 0.1) is 6.92 Å². The van der Waals surface area contributed by atoms with Crippen LogP contribution in [0.3, 0.4) is 0 Å². The van der Waals surface area contributed by atoms with E-state index in [2.05, 4.69) is 15.0 Å². The van der Waals surface area contributed by atoms with Crippen molar-refractivity contribution in [1.29, 1.82) is 0 Å². The first-order valence-electron chi connectivity index (χ1n) is 6.69. The van der Waals surface area contributed by atoms with E-state index in [-0.39, 0.29) is 0 Å². The first-order chi connectivity index (χ1) is 10.7. The van der Waals surface area contributed by atoms with Crippen molar-refractivity contribution >= 4 is 22.9 Å². The van der Waals surface area contributed by atoms with E-state index in [0.29, 0.717) is 11.4 Å². The van der Waals surface area contributed by atoms with E-state index in [1.807, 2.05) is 31.2 Å². The lowest BCUT2D eigenvalue weighted by Crippen LogP contribution is -1.93. The quantitative estimate of drug-likeness (QED) is 0.735. The van der Waals surface area contributed by atoms with E-state index in [0.717, 1.165) is 26.8 Å². The van der Waals surface area contributed by atoms with E-state index in [1.165, 1.54) is 0 Å². The Labute approximate surface area is 132 Å². The van der Waals surface area contributed by atoms with E-state index in [1.54, 1.807) is 38.4 Å². The lowest BCUT2D eigenvalue weighted by molar-refractivity contribution is 0.353. The zero-order valence-corrected chi connectivity index (χ0v) is 13.3. The summed E-state index contributed by atoms with van der Waals surface area (Å²) >= 11 is 1.56. The van der Waals surface area contributed by atoms with Gasteiger partial charge in [-0.05, 0) is 36.8 Å². The Morgan fingerprint density at radius 3 is 2.45 bits per heavy atom. The number of fused-ring (bicyclic) bond motifs is 1. The van der Waals surface area contributed by atoms with Gasteiger partial charge in [0.2, 0.25) is 0 Å². The maximum Gasteiger partial charge on any atom is 0.179 e. The summed E-state index contributed by atoms with van der Waals surface area (Å²) in [5.41, 5.74) is 2.53. The predicted octanol–water partition coefficient (Wildman–Crippen LogP) is 3.50. The second-order valence-electron chi connectivity index (χ2n) is 4.62. The molecule has 2 heterocycles. The molecule has 0 aliphatic rings. The molecule has 2 aromatic heterocycles. The lowest BCUT2D eigenvalue weighted by Gasteiger charge is -2.12. The molecule has 0 atom stereocenters. The van der Waals surface area contributed by atoms with Crippen LogP contribution >= 0.6 is 11.8 Å². The van der Waals surface area contributed by atoms with Gasteiger partial charge in [-0.1, -0.05) is 11.8 Å². The number of rotatable bonds is 4. The van der Waals surface area contributed by atoms with Crippen molar-refractivity contribution in [2.75, 3.05) is 14.2 Å². The van der Waals surface area contributed by atoms with E-state index >= 15 is 0 Å². The van der Waals surface area contributed by atoms with Gasteiger partial charge in [-0.3, -0.25) is 4.98 Å². The van der Waals surface area contributed by atoms with Crippen molar-refractivity contribution in [3.8, 4) is 11.5 Å². The van der Waals surface area contributed by atoms with Gasteiger partial charge < -0.3 is 9.47 Å². The van der Waals surface area contributed by atoms with Gasteiger partial charge in [0.05, 0.1) is 14.2 Å². The van der Waals surface area contributed by atoms with Gasteiger partial charge in [0.15, 0.2) is 17.1 Å². The molecular weight excluding hydrogens is 298 g/mol. The van der Waals surface area contributed by atoms with Crippen LogP contribution in [0.15, 0.2) is 46.6 Å². The van der Waals surface area contributed by atoms with Crippen LogP contribution in [0.1, 0.15) is 5.56 Å². The third kappa shape index (κ3) is 2.82. The number of hydrogen-bond acceptors (Lipinski definition) is 6. The minimum Gasteiger partial charge on any atom is -0.493 e. The van der Waals surface area contributed by atoms with E-state index < -0.39 is 0 Å². The Morgan fingerprint density at radius 1 is 0.955 bits per heavy atom. The second-order valence-corrected chi connectivity index (χ2v) is 5.69. The molecule has 0 saturated carbocycles. The summed E-state index contributed by atoms with van der Waals surface area (Å²) in [4.78, 5) is 14.1. The van der Waals surface area contributed by atoms with Gasteiger partial charge in [0.25, 0.3) is 0 Å². The number of ether oxygens (including phenoxy) is 2. The molecule has 0 saturated heterocycles. The van der Waals surface area contributed by atoms with Crippen molar-refractivity contribution in [3.63, 3.8) is 0 Å². The highest BCUT2D eigenvalue weighted by atomic mass is 32.2. The molecular formula is C16H15N3O2S. The zero-order valence-electron chi connectivity index (χ0n) is 12.5. The fraction of sp³-hybridized carbons (Fsp3) is 0.188. The highest BCUT2D eigenvalue weighted by Crippen LogP contribution is 2.37. The van der Waals surface area contributed by atoms with Gasteiger partial charge in [0.1, 0.15) is 10.5 Å². The monoisotopic (exact) mass is 313 g/mol. The highest BCUT2D eigenvalue weighted by Gasteiger charge is 2.11. The van der Waals surface area contributed by atoms with Gasteiger partial charge in [-0.25, -0.2) is 9.97 Å². The average Bonchev–Trinajstić information content (AvgIpc) is 2.56. The summed E-state index contributed by atoms with van der Waals surface area (Å²) in [6.45, 7) is 2.03. The molecule has 0 amide bonds. The normalized spacial score (nSPS) is 10.7. The third-order valence-electron chi connectivity index (χ3n) is 3.20. The summed E-state index contributed by atoms with van der Waals surface area (Å²) < 4.78 is 10.7. The topological polar surface area (TPSA) is 57.1 Å². The van der Waals surface area contributed by atoms with Crippen molar-refractivity contribution in [2.24, 2.45) is 0 Å². The van der Waals surface area contributed by atoms with Gasteiger partial charge in [-0.2, -0.15) is 0 Å². The van der Waals surface area contributed by atoms with Crippen molar-refractivity contribution in [3.05, 3.63) is 42.2 Å². The Hall–Kier alpha value is -2.34. The minimum absolute atomic E-state index is 0.644. The molecule has 22 heavy (non-hydrogen) atoms. The molecule has 112 valence electrons. The molecule has 6 heteroatoms. The standard InChI is InChI=1S/C16H15N3O2S/c1-10-8-12(20-2)13(21-3)9-14(10)22-15-5-4-11-16(19-15)18-7-6-17-11/h4-9H,1-3H3. The number of aryl methyl sites for hydroxylation is 1. The summed E-state index contributed by atoms with van der Waals surface area (Å²) in [5, 5.41) is 0.864. The molecule has 3 rings (SSSR count). The lowest BCUT2D eigenvalue weighted by atomic mass is 10.2. The van der Waals surface area contributed by atoms with Gasteiger partial charge in [0, 0.05) is 17.3 Å². The SMILES string of the molecule is COc1cc(C)c(Sc2ccc3nccnc3n2)cc1OC. The van der Waals surface area contributed by atoms with Crippen LogP contribution in [0.5, 0.6) is 11.5 Å². The maximum absolute atomic E-state index is 5.36. The van der Waals surface area contributed by atoms with Crippen LogP contribution in [-0.2, 0) is 0 Å². The summed E-state index contributed by atoms with van der Waals surface area (Å²) in [5.74, 6) is 1.43. The number of pyridine rings is 1. The largest absolute Gasteiger partial charge is 0.493 e. The third-order valence-corrected chi connectivity index (χ3v) is 4.30. The van der Waals surface area contributed by atoms with E-state index in [4.69, 9.17) is 9.47 Å². The zero-order chi connectivity index (χ0) is 15.5. The van der Waals surface area contributed by atoms with Crippen LogP contribution in [-0.4, -0.2) is 29.2 Å². The fourth-order valence-corrected chi connectivity index (χ4v) is 2.96. The molecule has 0 spiro atoms. The summed E-state index contributed by atoms with van der Waals surface area (Å²) in [6.07, 6.45) is 3.31. The summed E-state index contributed by atoms with van der Waals surface area (Å²) in [6, 6.07) is 7.79. The predicted molar refractivity (Wildman–Crippen MR) is 85.7 cm³/mol. The molecule has 3 aromatic rings. The molecule has 0 radical (unpaired) electrons. The van der Waals surface area contributed by atoms with Gasteiger partial charge in [-0.15, -0.1) is 0 Å². The number of nitrogens with zero attached hydrogens (tertiary/aromatic N) is 3. The molecule has 5 nitrogen and oxygen atoms in total. The van der Waals surface area contributed by atoms with Gasteiger partial charge >= 0.3 is 0 Å². The van der Waals surface area contributed by atoms with Crippen LogP contribution in [0.2, 0.25) is 0 Å². The molecule has 0 fully saturated rings. The van der Waals surface area contributed by atoms with E-state index in [9.17, 15) is 0 Å². The Kier molecular flexibility index (Phi) is 4.11. The van der Waals surface area contributed by atoms with Crippen LogP contribution in [0.4, 0.5) is 0 Å². The average molecular weight is 313 g/mol. The first kappa shape index (κ1) is 14.6. The highest BCUT2D eigenvalue weighted by molar-refractivity contribution is 7.99. The Morgan fingerprint density at radius 2 is 1.68 bits per heavy atom. The molecule has 0 aliphatic heterocycles. The molecule has 0 bridgehead atoms. The molecule has 1 aromatic carbocycles. The van der Waals surface area contributed by atoms with Crippen LogP contribution < -0.4 is 9.47 Å².